The van der Waals surface area contributed by atoms with E-state index >= 15 is 0 Å². The normalized spacial score (nSPS) is 15.1. The van der Waals surface area contributed by atoms with Crippen LogP contribution in [0.3, 0.4) is 0 Å². The van der Waals surface area contributed by atoms with Gasteiger partial charge in [0.2, 0.25) is 0 Å². The highest BCUT2D eigenvalue weighted by atomic mass is 32.2. The smallest absolute Gasteiger partial charge is 0.263 e. The molecule has 0 saturated carbocycles. The van der Waals surface area contributed by atoms with Crippen molar-refractivity contribution in [3.05, 3.63) is 0 Å². The Balaban J connectivity index is 5.68. The Morgan fingerprint density at radius 2 is 1.25 bits per heavy atom. The molecule has 14 heteroatoms. The summed E-state index contributed by atoms with van der Waals surface area (Å²) in [6.07, 6.45) is -6.01. The Hall–Kier alpha value is -1.21. The third kappa shape index (κ3) is 3.09. The van der Waals surface area contributed by atoms with Crippen LogP contribution in [-0.2, 0) is 14.8 Å². The monoisotopic (exact) mass is 341 g/mol. The minimum Gasteiger partial charge on any atom is -0.263 e. The van der Waals surface area contributed by atoms with E-state index in [1.807, 2.05) is 0 Å². The summed E-state index contributed by atoms with van der Waals surface area (Å²) < 4.78 is 131. The summed E-state index contributed by atoms with van der Waals surface area (Å²) in [5, 5.41) is -6.67. The predicted octanol–water partition coefficient (Wildman–Crippen LogP) is 1.88. The Morgan fingerprint density at radius 3 is 1.50 bits per heavy atom. The van der Waals surface area contributed by atoms with Gasteiger partial charge in [-0.2, -0.15) is 47.9 Å². The van der Waals surface area contributed by atoms with Crippen molar-refractivity contribution in [2.45, 2.75) is 30.2 Å². The van der Waals surface area contributed by atoms with Gasteiger partial charge in [-0.1, -0.05) is 0 Å². The highest BCUT2D eigenvalue weighted by Crippen LogP contribution is 2.47. The van der Waals surface area contributed by atoms with Crippen LogP contribution in [0.4, 0.5) is 39.5 Å². The van der Waals surface area contributed by atoms with Gasteiger partial charge in [0, 0.05) is 6.92 Å². The maximum absolute atomic E-state index is 12.8. The molecule has 0 spiro atoms. The van der Waals surface area contributed by atoms with Crippen LogP contribution in [0.2, 0.25) is 0 Å². The number of carbonyl (C=O) groups excluding carboxylic acids is 1. The summed E-state index contributed by atoms with van der Waals surface area (Å²) >= 11 is 0. The zero-order chi connectivity index (χ0) is 16.8. The van der Waals surface area contributed by atoms with Crippen molar-refractivity contribution in [1.82, 2.24) is 4.72 Å². The van der Waals surface area contributed by atoms with E-state index in [2.05, 4.69) is 0 Å². The number of nitrogens with one attached hydrogen (secondary N) is 1. The first-order valence-electron chi connectivity index (χ1n) is 4.15. The lowest BCUT2D eigenvalue weighted by Crippen LogP contribution is -2.61. The van der Waals surface area contributed by atoms with Crippen molar-refractivity contribution < 1.29 is 52.7 Å². The maximum atomic E-state index is 12.8. The highest BCUT2D eigenvalue weighted by Gasteiger charge is 2.76. The van der Waals surface area contributed by atoms with Gasteiger partial charge < -0.3 is 0 Å². The number of amides is 1. The van der Waals surface area contributed by atoms with Gasteiger partial charge in [-0.05, 0) is 0 Å². The molecule has 0 aromatic rings. The number of alkyl halides is 9. The van der Waals surface area contributed by atoms with Crippen molar-refractivity contribution in [3.63, 3.8) is 0 Å². The summed E-state index contributed by atoms with van der Waals surface area (Å²) in [4.78, 5) is 10.1. The van der Waals surface area contributed by atoms with E-state index in [1.165, 1.54) is 0 Å². The lowest BCUT2D eigenvalue weighted by Gasteiger charge is -2.30. The molecule has 0 radical (unpaired) electrons. The first kappa shape index (κ1) is 18.8. The minimum atomic E-state index is -7.07. The molecule has 0 saturated heterocycles. The lowest BCUT2D eigenvalue weighted by molar-refractivity contribution is -0.271. The zero-order valence-electron chi connectivity index (χ0n) is 9.03. The molecule has 1 N–H and O–H groups in total. The SMILES string of the molecule is CC(F)(F)C(F)(F)C(F)(F)S(=O)(=O)NC(=O)C(F)(F)F. The van der Waals surface area contributed by atoms with E-state index < -0.39 is 50.9 Å². The summed E-state index contributed by atoms with van der Waals surface area (Å²) in [5.41, 5.74) is 0. The zero-order valence-corrected chi connectivity index (χ0v) is 9.85. The van der Waals surface area contributed by atoms with E-state index in [4.69, 9.17) is 0 Å². The van der Waals surface area contributed by atoms with Gasteiger partial charge in [0.05, 0.1) is 0 Å². The van der Waals surface area contributed by atoms with Gasteiger partial charge in [0.25, 0.3) is 0 Å². The molecule has 0 aromatic carbocycles. The molecular weight excluding hydrogens is 337 g/mol. The maximum Gasteiger partial charge on any atom is 0.472 e. The fourth-order valence-corrected chi connectivity index (χ4v) is 1.67. The standard InChI is InChI=1S/C6H4F9NO3S/c1-3(7,8)5(12,13)6(14,15)20(18,19)16-2(17)4(9,10)11/h1H3,(H,16,17). The van der Waals surface area contributed by atoms with Gasteiger partial charge in [0.1, 0.15) is 0 Å². The second-order valence-corrected chi connectivity index (χ2v) is 5.14. The Bertz CT molecular complexity index is 489. The van der Waals surface area contributed by atoms with Crippen LogP contribution in [-0.4, -0.2) is 37.6 Å². The topological polar surface area (TPSA) is 63.2 Å². The molecule has 0 aromatic heterocycles. The van der Waals surface area contributed by atoms with Crippen molar-refractivity contribution >= 4 is 15.9 Å². The third-order valence-electron chi connectivity index (χ3n) is 1.74. The molecule has 4 nitrogen and oxygen atoms in total. The van der Waals surface area contributed by atoms with Gasteiger partial charge in [-0.15, -0.1) is 0 Å². The van der Waals surface area contributed by atoms with Crippen LogP contribution in [0.1, 0.15) is 6.92 Å². The second kappa shape index (κ2) is 4.66. The molecule has 0 rings (SSSR count). The number of hydrogen-bond acceptors (Lipinski definition) is 3. The van der Waals surface area contributed by atoms with Crippen molar-refractivity contribution in [2.75, 3.05) is 0 Å². The quantitative estimate of drug-likeness (QED) is 0.794. The molecule has 0 unspecified atom stereocenters. The average molecular weight is 341 g/mol. The molecule has 0 heterocycles. The molecule has 1 amide bonds. The molecule has 0 aliphatic rings. The minimum absolute atomic E-state index is 0.440. The Kier molecular flexibility index (Phi) is 4.38. The molecule has 20 heavy (non-hydrogen) atoms. The van der Waals surface area contributed by atoms with Crippen molar-refractivity contribution in [1.29, 1.82) is 0 Å². The van der Waals surface area contributed by atoms with Gasteiger partial charge >= 0.3 is 39.2 Å². The summed E-state index contributed by atoms with van der Waals surface area (Å²) in [5.74, 6) is -15.7. The van der Waals surface area contributed by atoms with Gasteiger partial charge in [0.15, 0.2) is 0 Å². The van der Waals surface area contributed by atoms with Gasteiger partial charge in [-0.3, -0.25) is 4.79 Å². The first-order valence-corrected chi connectivity index (χ1v) is 5.63. The Labute approximate surface area is 105 Å². The molecule has 0 atom stereocenters. The van der Waals surface area contributed by atoms with Crippen molar-refractivity contribution in [2.24, 2.45) is 0 Å². The van der Waals surface area contributed by atoms with Crippen LogP contribution in [0.25, 0.3) is 0 Å². The van der Waals surface area contributed by atoms with Crippen LogP contribution in [0.15, 0.2) is 0 Å². The van der Waals surface area contributed by atoms with Crippen LogP contribution >= 0.6 is 0 Å². The largest absolute Gasteiger partial charge is 0.472 e. The molecule has 0 fully saturated rings. The van der Waals surface area contributed by atoms with E-state index in [0.29, 0.717) is 0 Å². The number of carbonyl (C=O) groups is 1. The average Bonchev–Trinajstić information content (AvgIpc) is 2.12. The summed E-state index contributed by atoms with van der Waals surface area (Å²) in [6, 6.07) is 0. The highest BCUT2D eigenvalue weighted by molar-refractivity contribution is 7.91. The van der Waals surface area contributed by atoms with Crippen LogP contribution in [0.5, 0.6) is 0 Å². The number of hydrogen-bond donors (Lipinski definition) is 1. The first-order chi connectivity index (χ1) is 8.38. The number of halogens is 9. The molecule has 120 valence electrons. The predicted molar refractivity (Wildman–Crippen MR) is 43.6 cm³/mol. The van der Waals surface area contributed by atoms with E-state index in [1.54, 1.807) is 0 Å². The number of sulfonamides is 1. The third-order valence-corrected chi connectivity index (χ3v) is 3.12. The van der Waals surface area contributed by atoms with Crippen molar-refractivity contribution in [3.8, 4) is 0 Å². The van der Waals surface area contributed by atoms with Crippen LogP contribution < -0.4 is 4.72 Å². The summed E-state index contributed by atoms with van der Waals surface area (Å²) in [7, 11) is -7.07. The fraction of sp³-hybridized carbons (Fsp3) is 0.833. The lowest BCUT2D eigenvalue weighted by atomic mass is 10.2. The molecule has 0 bridgehead atoms. The fourth-order valence-electron chi connectivity index (χ4n) is 0.668. The Morgan fingerprint density at radius 1 is 0.900 bits per heavy atom. The van der Waals surface area contributed by atoms with Crippen LogP contribution in [0, 0.1) is 0 Å². The molecule has 0 aliphatic heterocycles. The second-order valence-electron chi connectivity index (χ2n) is 3.41. The molecular formula is C6H4F9NO3S. The number of rotatable bonds is 4. The van der Waals surface area contributed by atoms with E-state index in [0.717, 1.165) is 0 Å². The van der Waals surface area contributed by atoms with E-state index in [9.17, 15) is 52.7 Å². The van der Waals surface area contributed by atoms with E-state index in [-0.39, 0.29) is 0 Å². The molecule has 0 aliphatic carbocycles. The van der Waals surface area contributed by atoms with Gasteiger partial charge in [-0.25, -0.2) is 4.72 Å². The summed E-state index contributed by atoms with van der Waals surface area (Å²) in [6.45, 7) is -0.776.